The summed E-state index contributed by atoms with van der Waals surface area (Å²) in [6, 6.07) is 22.6. The molecule has 2 N–H and O–H groups in total. The largest absolute Gasteiger partial charge is 0.494 e. The Balaban J connectivity index is 1.93. The SMILES string of the molecule is COc1ccc(C(=O)C(Cc2ccccc2)(Cc2ccc(C(F)(F)P(=O)(O)O)cc2)c2ccc(S(C)(=O)=O)cc2)cc1F. The number of methoxy groups -OCH3 is 1. The van der Waals surface area contributed by atoms with Crippen molar-refractivity contribution in [3.63, 3.8) is 0 Å². The molecule has 0 aliphatic heterocycles. The van der Waals surface area contributed by atoms with E-state index in [-0.39, 0.29) is 29.1 Å². The summed E-state index contributed by atoms with van der Waals surface area (Å²) in [6.45, 7) is 0. The van der Waals surface area contributed by atoms with E-state index in [0.29, 0.717) is 16.7 Å². The number of carbonyl (C=O) groups is 1. The standard InChI is InChI=1S/C31H28F3O7PS/c1-41-28-17-10-23(18-27(28)32)29(35)30(19-21-6-4-3-5-7-21,24-13-15-26(16-14-24)43(2,39)40)20-22-8-11-25(12-9-22)31(33,34)42(36,37)38/h3-18H,19-20H2,1-2H3,(H2,36,37,38). The number of alkyl halides is 2. The molecule has 0 spiro atoms. The van der Waals surface area contributed by atoms with Crippen molar-refractivity contribution in [2.24, 2.45) is 0 Å². The van der Waals surface area contributed by atoms with Gasteiger partial charge >= 0.3 is 13.3 Å². The molecule has 0 fully saturated rings. The molecule has 4 rings (SSSR count). The van der Waals surface area contributed by atoms with Crippen LogP contribution in [0.25, 0.3) is 0 Å². The quantitative estimate of drug-likeness (QED) is 0.152. The molecule has 4 aromatic carbocycles. The molecule has 0 saturated heterocycles. The number of ether oxygens (including phenoxy) is 1. The highest BCUT2D eigenvalue weighted by Gasteiger charge is 2.50. The van der Waals surface area contributed by atoms with Crippen molar-refractivity contribution in [3.05, 3.63) is 131 Å². The molecule has 0 radical (unpaired) electrons. The van der Waals surface area contributed by atoms with E-state index in [1.54, 1.807) is 30.3 Å². The van der Waals surface area contributed by atoms with Gasteiger partial charge in [-0.25, -0.2) is 12.8 Å². The van der Waals surface area contributed by atoms with Crippen molar-refractivity contribution in [3.8, 4) is 5.75 Å². The summed E-state index contributed by atoms with van der Waals surface area (Å²) in [7, 11) is -8.11. The van der Waals surface area contributed by atoms with Gasteiger partial charge in [0.25, 0.3) is 0 Å². The van der Waals surface area contributed by atoms with Crippen LogP contribution in [0.15, 0.2) is 102 Å². The molecule has 0 amide bonds. The summed E-state index contributed by atoms with van der Waals surface area (Å²) in [4.78, 5) is 32.8. The third kappa shape index (κ3) is 6.75. The van der Waals surface area contributed by atoms with E-state index < -0.39 is 45.7 Å². The van der Waals surface area contributed by atoms with Crippen molar-refractivity contribution in [1.29, 1.82) is 0 Å². The van der Waals surface area contributed by atoms with Crippen LogP contribution in [0.2, 0.25) is 0 Å². The maximum absolute atomic E-state index is 14.8. The zero-order valence-corrected chi connectivity index (χ0v) is 24.8. The van der Waals surface area contributed by atoms with Gasteiger partial charge in [0, 0.05) is 17.4 Å². The molecule has 0 aliphatic rings. The van der Waals surface area contributed by atoms with E-state index >= 15 is 0 Å². The average molecular weight is 633 g/mol. The van der Waals surface area contributed by atoms with Gasteiger partial charge in [0.2, 0.25) is 0 Å². The minimum Gasteiger partial charge on any atom is -0.494 e. The zero-order chi connectivity index (χ0) is 31.6. The van der Waals surface area contributed by atoms with Crippen molar-refractivity contribution in [1.82, 2.24) is 0 Å². The van der Waals surface area contributed by atoms with E-state index in [1.165, 1.54) is 55.6 Å². The van der Waals surface area contributed by atoms with Gasteiger partial charge in [0.05, 0.1) is 17.4 Å². The minimum atomic E-state index is -5.81. The summed E-state index contributed by atoms with van der Waals surface area (Å²) >= 11 is 0. The first-order chi connectivity index (χ1) is 20.1. The smallest absolute Gasteiger partial charge is 0.399 e. The van der Waals surface area contributed by atoms with Crippen LogP contribution < -0.4 is 4.74 Å². The van der Waals surface area contributed by atoms with Crippen LogP contribution in [0.3, 0.4) is 0 Å². The maximum Gasteiger partial charge on any atom is 0.399 e. The van der Waals surface area contributed by atoms with Gasteiger partial charge in [-0.05, 0) is 59.9 Å². The van der Waals surface area contributed by atoms with Crippen LogP contribution in [-0.2, 0) is 38.3 Å². The third-order valence-corrected chi connectivity index (χ3v) is 9.32. The summed E-state index contributed by atoms with van der Waals surface area (Å²) in [5.41, 5.74) is -5.40. The van der Waals surface area contributed by atoms with Gasteiger partial charge < -0.3 is 14.5 Å². The molecule has 0 heterocycles. The van der Waals surface area contributed by atoms with Gasteiger partial charge in [-0.1, -0.05) is 66.7 Å². The van der Waals surface area contributed by atoms with Gasteiger partial charge in [0.1, 0.15) is 0 Å². The van der Waals surface area contributed by atoms with E-state index in [4.69, 9.17) is 14.5 Å². The number of sulfone groups is 1. The molecular formula is C31H28F3O7PS. The predicted molar refractivity (Wildman–Crippen MR) is 155 cm³/mol. The van der Waals surface area contributed by atoms with Crippen LogP contribution in [0.4, 0.5) is 13.2 Å². The molecule has 12 heteroatoms. The number of hydrogen-bond acceptors (Lipinski definition) is 5. The molecule has 7 nitrogen and oxygen atoms in total. The lowest BCUT2D eigenvalue weighted by molar-refractivity contribution is 0.0564. The average Bonchev–Trinajstić information content (AvgIpc) is 2.96. The molecular weight excluding hydrogens is 604 g/mol. The second-order valence-corrected chi connectivity index (χ2v) is 13.8. The third-order valence-electron chi connectivity index (χ3n) is 7.21. The first-order valence-corrected chi connectivity index (χ1v) is 16.3. The Morgan fingerprint density at radius 1 is 0.837 bits per heavy atom. The molecule has 1 unspecified atom stereocenters. The van der Waals surface area contributed by atoms with Crippen molar-refractivity contribution in [2.75, 3.05) is 13.4 Å². The lowest BCUT2D eigenvalue weighted by Crippen LogP contribution is -2.41. The first-order valence-electron chi connectivity index (χ1n) is 12.8. The minimum absolute atomic E-state index is 0.00827. The monoisotopic (exact) mass is 632 g/mol. The molecule has 0 aliphatic carbocycles. The second-order valence-electron chi connectivity index (χ2n) is 10.2. The second kappa shape index (κ2) is 12.1. The highest BCUT2D eigenvalue weighted by atomic mass is 32.2. The molecule has 0 bridgehead atoms. The van der Waals surface area contributed by atoms with Crippen molar-refractivity contribution in [2.45, 2.75) is 28.8 Å². The summed E-state index contributed by atoms with van der Waals surface area (Å²) in [6.07, 6.45) is 0.979. The Bertz CT molecular complexity index is 1770. The molecule has 1 atom stereocenters. The molecule has 43 heavy (non-hydrogen) atoms. The fraction of sp³-hybridized carbons (Fsp3) is 0.194. The van der Waals surface area contributed by atoms with Crippen molar-refractivity contribution < 1.29 is 45.5 Å². The number of rotatable bonds is 11. The van der Waals surface area contributed by atoms with Gasteiger partial charge in [-0.3, -0.25) is 9.36 Å². The van der Waals surface area contributed by atoms with Crippen LogP contribution in [0.5, 0.6) is 5.75 Å². The van der Waals surface area contributed by atoms with Gasteiger partial charge in [0.15, 0.2) is 27.2 Å². The Morgan fingerprint density at radius 2 is 1.37 bits per heavy atom. The van der Waals surface area contributed by atoms with E-state index in [2.05, 4.69) is 0 Å². The summed E-state index contributed by atoms with van der Waals surface area (Å²) < 4.78 is 84.3. The number of carbonyl (C=O) groups excluding carboxylic acids is 1. The van der Waals surface area contributed by atoms with E-state index in [1.807, 2.05) is 0 Å². The molecule has 4 aromatic rings. The highest BCUT2D eigenvalue weighted by molar-refractivity contribution is 7.90. The Labute approximate surface area is 247 Å². The molecule has 226 valence electrons. The first kappa shape index (κ1) is 32.2. The van der Waals surface area contributed by atoms with Gasteiger partial charge in [-0.2, -0.15) is 8.78 Å². The normalized spacial score (nSPS) is 13.7. The summed E-state index contributed by atoms with van der Waals surface area (Å²) in [5, 5.41) is 0. The highest BCUT2D eigenvalue weighted by Crippen LogP contribution is 2.59. The van der Waals surface area contributed by atoms with Crippen LogP contribution in [-0.4, -0.2) is 37.4 Å². The topological polar surface area (TPSA) is 118 Å². The zero-order valence-electron chi connectivity index (χ0n) is 23.1. The number of hydrogen-bond donors (Lipinski definition) is 2. The van der Waals surface area contributed by atoms with Gasteiger partial charge in [-0.15, -0.1) is 0 Å². The molecule has 0 aromatic heterocycles. The Morgan fingerprint density at radius 3 is 1.86 bits per heavy atom. The van der Waals surface area contributed by atoms with Crippen LogP contribution >= 0.6 is 7.60 Å². The van der Waals surface area contributed by atoms with E-state index in [0.717, 1.165) is 24.5 Å². The van der Waals surface area contributed by atoms with E-state index in [9.17, 15) is 30.9 Å². The fourth-order valence-corrected chi connectivity index (χ4v) is 6.06. The lowest BCUT2D eigenvalue weighted by Gasteiger charge is -2.34. The number of benzene rings is 4. The maximum atomic E-state index is 14.8. The predicted octanol–water partition coefficient (Wildman–Crippen LogP) is 6.07. The van der Waals surface area contributed by atoms with Crippen LogP contribution in [0, 0.1) is 5.82 Å². The Kier molecular flexibility index (Phi) is 9.04. The van der Waals surface area contributed by atoms with Crippen molar-refractivity contribution >= 4 is 23.2 Å². The lowest BCUT2D eigenvalue weighted by atomic mass is 9.67. The number of ketones is 1. The molecule has 0 saturated carbocycles. The summed E-state index contributed by atoms with van der Waals surface area (Å²) in [5.74, 6) is -1.39. The van der Waals surface area contributed by atoms with Crippen LogP contribution in [0.1, 0.15) is 32.6 Å². The number of Topliss-reactive ketones (excluding diaryl/α,β-unsaturated/α-hetero) is 1. The number of halogens is 3. The Hall–Kier alpha value is -3.76. The fourth-order valence-electron chi connectivity index (χ4n) is 4.95.